The van der Waals surface area contributed by atoms with E-state index in [4.69, 9.17) is 16.0 Å². The Kier molecular flexibility index (Phi) is 5.16. The lowest BCUT2D eigenvalue weighted by molar-refractivity contribution is 0.0997. The molecule has 3 aromatic rings. The number of hydrogen-bond acceptors (Lipinski definition) is 5. The highest BCUT2D eigenvalue weighted by Gasteiger charge is 2.28. The second kappa shape index (κ2) is 7.62. The van der Waals surface area contributed by atoms with Crippen molar-refractivity contribution < 1.29 is 17.6 Å². The second-order valence-electron chi connectivity index (χ2n) is 6.68. The number of halogens is 1. The molecule has 9 heteroatoms. The zero-order chi connectivity index (χ0) is 20.6. The van der Waals surface area contributed by atoms with Crippen molar-refractivity contribution in [3.8, 4) is 0 Å². The molecule has 0 unspecified atom stereocenters. The average Bonchev–Trinajstić information content (AvgIpc) is 3.25. The molecule has 1 aliphatic rings. The van der Waals surface area contributed by atoms with Crippen LogP contribution in [-0.2, 0) is 10.0 Å². The maximum absolute atomic E-state index is 12.8. The first kappa shape index (κ1) is 19.6. The van der Waals surface area contributed by atoms with Crippen molar-refractivity contribution in [1.82, 2.24) is 4.31 Å². The van der Waals surface area contributed by atoms with Gasteiger partial charge in [-0.2, -0.15) is 4.31 Å². The summed E-state index contributed by atoms with van der Waals surface area (Å²) >= 11 is 6.15. The fraction of sp³-hybridized carbons (Fsp3) is 0.200. The van der Waals surface area contributed by atoms with E-state index in [1.807, 2.05) is 0 Å². The maximum atomic E-state index is 12.8. The van der Waals surface area contributed by atoms with Crippen molar-refractivity contribution in [1.29, 1.82) is 0 Å². The van der Waals surface area contributed by atoms with E-state index in [9.17, 15) is 18.0 Å². The second-order valence-corrected chi connectivity index (χ2v) is 9.02. The molecule has 0 atom stereocenters. The lowest BCUT2D eigenvalue weighted by Crippen LogP contribution is -2.28. The van der Waals surface area contributed by atoms with Crippen LogP contribution in [0, 0.1) is 0 Å². The first-order chi connectivity index (χ1) is 13.9. The minimum atomic E-state index is -3.66. The summed E-state index contributed by atoms with van der Waals surface area (Å²) in [7, 11) is -3.66. The zero-order valence-corrected chi connectivity index (χ0v) is 16.8. The SMILES string of the molecule is O=C(Nc1cc(S(=O)(=O)N2CCCC2)ccc1Cl)c1cc(=O)c2ccccc2o1. The summed E-state index contributed by atoms with van der Waals surface area (Å²) < 4.78 is 32.4. The van der Waals surface area contributed by atoms with Gasteiger partial charge in [0.25, 0.3) is 5.91 Å². The van der Waals surface area contributed by atoms with Gasteiger partial charge in [-0.3, -0.25) is 9.59 Å². The quantitative estimate of drug-likeness (QED) is 0.680. The smallest absolute Gasteiger partial charge is 0.291 e. The van der Waals surface area contributed by atoms with Gasteiger partial charge >= 0.3 is 0 Å². The number of carbonyl (C=O) groups excluding carboxylic acids is 1. The largest absolute Gasteiger partial charge is 0.451 e. The zero-order valence-electron chi connectivity index (χ0n) is 15.2. The lowest BCUT2D eigenvalue weighted by Gasteiger charge is -2.16. The third-order valence-electron chi connectivity index (χ3n) is 4.75. The third-order valence-corrected chi connectivity index (χ3v) is 6.97. The molecule has 1 saturated heterocycles. The Morgan fingerprint density at radius 2 is 1.79 bits per heavy atom. The predicted molar refractivity (Wildman–Crippen MR) is 110 cm³/mol. The Labute approximate surface area is 171 Å². The fourth-order valence-electron chi connectivity index (χ4n) is 3.24. The van der Waals surface area contributed by atoms with Gasteiger partial charge in [0, 0.05) is 19.2 Å². The van der Waals surface area contributed by atoms with E-state index < -0.39 is 15.9 Å². The van der Waals surface area contributed by atoms with Crippen LogP contribution in [0.25, 0.3) is 11.0 Å². The van der Waals surface area contributed by atoms with Crippen LogP contribution in [-0.4, -0.2) is 31.7 Å². The number of para-hydroxylation sites is 1. The molecule has 0 spiro atoms. The Morgan fingerprint density at radius 1 is 1.07 bits per heavy atom. The highest BCUT2D eigenvalue weighted by Crippen LogP contribution is 2.29. The summed E-state index contributed by atoms with van der Waals surface area (Å²) in [5.74, 6) is -0.900. The summed E-state index contributed by atoms with van der Waals surface area (Å²) in [5, 5.41) is 3.07. The normalized spacial score (nSPS) is 14.9. The van der Waals surface area contributed by atoms with Crippen LogP contribution < -0.4 is 10.7 Å². The summed E-state index contributed by atoms with van der Waals surface area (Å²) in [5.41, 5.74) is 0.0443. The van der Waals surface area contributed by atoms with Crippen molar-refractivity contribution in [3.63, 3.8) is 0 Å². The lowest BCUT2D eigenvalue weighted by atomic mass is 10.2. The molecule has 2 aromatic carbocycles. The molecule has 7 nitrogen and oxygen atoms in total. The maximum Gasteiger partial charge on any atom is 0.291 e. The number of anilines is 1. The van der Waals surface area contributed by atoms with Crippen molar-refractivity contribution >= 4 is 44.2 Å². The highest BCUT2D eigenvalue weighted by molar-refractivity contribution is 7.89. The minimum absolute atomic E-state index is 0.0408. The molecule has 0 saturated carbocycles. The van der Waals surface area contributed by atoms with E-state index in [-0.39, 0.29) is 32.4 Å². The van der Waals surface area contributed by atoms with Crippen LogP contribution >= 0.6 is 11.6 Å². The molecule has 0 radical (unpaired) electrons. The van der Waals surface area contributed by atoms with Crippen molar-refractivity contribution in [2.45, 2.75) is 17.7 Å². The van der Waals surface area contributed by atoms with Gasteiger partial charge in [-0.05, 0) is 43.2 Å². The first-order valence-corrected chi connectivity index (χ1v) is 10.8. The summed E-state index contributed by atoms with van der Waals surface area (Å²) in [6, 6.07) is 11.8. The van der Waals surface area contributed by atoms with Gasteiger partial charge < -0.3 is 9.73 Å². The average molecular weight is 433 g/mol. The predicted octanol–water partition coefficient (Wildman–Crippen LogP) is 3.48. The molecule has 1 N–H and O–H groups in total. The standard InChI is InChI=1S/C20H17ClN2O5S/c21-15-8-7-13(29(26,27)23-9-3-4-10-23)11-16(15)22-20(25)19-12-17(24)14-5-1-2-6-18(14)28-19/h1-2,5-8,11-12H,3-4,9-10H2,(H,22,25). The molecule has 0 aliphatic carbocycles. The van der Waals surface area contributed by atoms with Gasteiger partial charge in [-0.1, -0.05) is 23.7 Å². The summed E-state index contributed by atoms with van der Waals surface area (Å²) in [4.78, 5) is 24.9. The number of rotatable bonds is 4. The van der Waals surface area contributed by atoms with E-state index in [0.29, 0.717) is 18.5 Å². The van der Waals surface area contributed by atoms with Gasteiger partial charge in [0.2, 0.25) is 10.0 Å². The fourth-order valence-corrected chi connectivity index (χ4v) is 4.95. The molecule has 1 aliphatic heterocycles. The van der Waals surface area contributed by atoms with Crippen LogP contribution in [0.1, 0.15) is 23.4 Å². The minimum Gasteiger partial charge on any atom is -0.451 e. The van der Waals surface area contributed by atoms with Gasteiger partial charge in [-0.25, -0.2) is 8.42 Å². The number of sulfonamides is 1. The molecular weight excluding hydrogens is 416 g/mol. The topological polar surface area (TPSA) is 96.7 Å². The van der Waals surface area contributed by atoms with Crippen LogP contribution in [0.2, 0.25) is 5.02 Å². The highest BCUT2D eigenvalue weighted by atomic mass is 35.5. The van der Waals surface area contributed by atoms with Crippen molar-refractivity contribution in [2.75, 3.05) is 18.4 Å². The molecule has 150 valence electrons. The molecule has 1 amide bonds. The summed E-state index contributed by atoms with van der Waals surface area (Å²) in [6.45, 7) is 0.934. The number of nitrogens with one attached hydrogen (secondary N) is 1. The van der Waals surface area contributed by atoms with E-state index in [0.717, 1.165) is 18.9 Å². The van der Waals surface area contributed by atoms with E-state index in [1.165, 1.54) is 22.5 Å². The van der Waals surface area contributed by atoms with Gasteiger partial charge in [0.05, 0.1) is 21.0 Å². The number of amides is 1. The van der Waals surface area contributed by atoms with Gasteiger partial charge in [0.1, 0.15) is 5.58 Å². The Hall–Kier alpha value is -2.68. The molecule has 2 heterocycles. The van der Waals surface area contributed by atoms with Gasteiger partial charge in [-0.15, -0.1) is 0 Å². The molecule has 0 bridgehead atoms. The third kappa shape index (κ3) is 3.78. The number of nitrogens with zero attached hydrogens (tertiary/aromatic N) is 1. The van der Waals surface area contributed by atoms with E-state index >= 15 is 0 Å². The van der Waals surface area contributed by atoms with Crippen molar-refractivity contribution in [3.05, 3.63) is 69.5 Å². The number of fused-ring (bicyclic) bond motifs is 1. The number of benzene rings is 2. The molecule has 29 heavy (non-hydrogen) atoms. The molecule has 4 rings (SSSR count). The van der Waals surface area contributed by atoms with Crippen LogP contribution in [0.4, 0.5) is 5.69 Å². The monoisotopic (exact) mass is 432 g/mol. The molecular formula is C20H17ClN2O5S. The van der Waals surface area contributed by atoms with Crippen LogP contribution in [0.5, 0.6) is 0 Å². The first-order valence-electron chi connectivity index (χ1n) is 9.00. The van der Waals surface area contributed by atoms with Gasteiger partial charge in [0.15, 0.2) is 11.2 Å². The molecule has 1 fully saturated rings. The Balaban J connectivity index is 1.66. The number of hydrogen-bond donors (Lipinski definition) is 1. The Bertz CT molecular complexity index is 1260. The van der Waals surface area contributed by atoms with Crippen LogP contribution in [0.15, 0.2) is 62.6 Å². The molecule has 1 aromatic heterocycles. The van der Waals surface area contributed by atoms with E-state index in [1.54, 1.807) is 24.3 Å². The van der Waals surface area contributed by atoms with Crippen molar-refractivity contribution in [2.24, 2.45) is 0 Å². The summed E-state index contributed by atoms with van der Waals surface area (Å²) in [6.07, 6.45) is 1.63. The number of carbonyl (C=O) groups is 1. The Morgan fingerprint density at radius 3 is 2.55 bits per heavy atom. The van der Waals surface area contributed by atoms with Crippen LogP contribution in [0.3, 0.4) is 0 Å². The van der Waals surface area contributed by atoms with E-state index in [2.05, 4.69) is 5.32 Å².